The SMILES string of the molecule is CC1CCC(C(C)C)C(NC2CCCc3sc(Cl)cc32)C1. The van der Waals surface area contributed by atoms with Crippen LogP contribution in [-0.4, -0.2) is 6.04 Å². The summed E-state index contributed by atoms with van der Waals surface area (Å²) < 4.78 is 0.964. The molecule has 1 N–H and O–H groups in total. The van der Waals surface area contributed by atoms with Gasteiger partial charge in [0.1, 0.15) is 0 Å². The Morgan fingerprint density at radius 3 is 2.86 bits per heavy atom. The van der Waals surface area contributed by atoms with Gasteiger partial charge in [0.15, 0.2) is 0 Å². The van der Waals surface area contributed by atoms with Gasteiger partial charge in [-0.1, -0.05) is 38.8 Å². The van der Waals surface area contributed by atoms with Crippen LogP contribution in [0.4, 0.5) is 0 Å². The third-order valence-corrected chi connectivity index (χ3v) is 6.86. The van der Waals surface area contributed by atoms with Gasteiger partial charge in [-0.2, -0.15) is 0 Å². The molecule has 1 nitrogen and oxygen atoms in total. The minimum absolute atomic E-state index is 0.536. The molecular weight excluding hydrogens is 298 g/mol. The van der Waals surface area contributed by atoms with E-state index in [1.54, 1.807) is 11.3 Å². The monoisotopic (exact) mass is 325 g/mol. The van der Waals surface area contributed by atoms with E-state index in [0.717, 1.165) is 22.1 Å². The molecule has 4 unspecified atom stereocenters. The predicted octanol–water partition coefficient (Wildman–Crippen LogP) is 5.83. The molecule has 0 spiro atoms. The molecule has 1 saturated carbocycles. The van der Waals surface area contributed by atoms with E-state index in [2.05, 4.69) is 32.2 Å². The summed E-state index contributed by atoms with van der Waals surface area (Å²) in [5.74, 6) is 2.48. The second kappa shape index (κ2) is 6.60. The normalized spacial score (nSPS) is 33.2. The molecular formula is C18H28ClNS. The third-order valence-electron chi connectivity index (χ3n) is 5.52. The molecule has 3 rings (SSSR count). The lowest BCUT2D eigenvalue weighted by atomic mass is 9.73. The smallest absolute Gasteiger partial charge is 0.0934 e. The second-order valence-electron chi connectivity index (χ2n) is 7.47. The van der Waals surface area contributed by atoms with Crippen molar-refractivity contribution in [2.45, 2.75) is 71.4 Å². The molecule has 0 amide bonds. The summed E-state index contributed by atoms with van der Waals surface area (Å²) in [6.45, 7) is 7.20. The quantitative estimate of drug-likeness (QED) is 0.737. The van der Waals surface area contributed by atoms with Gasteiger partial charge in [-0.3, -0.25) is 0 Å². The standard InChI is InChI=1S/C18H28ClNS/c1-11(2)13-8-7-12(3)9-16(13)20-15-5-4-6-17-14(15)10-18(19)21-17/h10-13,15-16,20H,4-9H2,1-3H3. The fraction of sp³-hybridized carbons (Fsp3) is 0.778. The van der Waals surface area contributed by atoms with Crippen LogP contribution in [0.15, 0.2) is 6.07 Å². The minimum atomic E-state index is 0.536. The Morgan fingerprint density at radius 1 is 1.29 bits per heavy atom. The highest BCUT2D eigenvalue weighted by Gasteiger charge is 2.33. The molecule has 0 bridgehead atoms. The molecule has 118 valence electrons. The van der Waals surface area contributed by atoms with Crippen molar-refractivity contribution in [1.82, 2.24) is 5.32 Å². The first kappa shape index (κ1) is 15.8. The van der Waals surface area contributed by atoms with Crippen LogP contribution in [0.2, 0.25) is 4.34 Å². The average molecular weight is 326 g/mol. The molecule has 1 fully saturated rings. The van der Waals surface area contributed by atoms with Gasteiger partial charge in [0, 0.05) is 17.0 Å². The van der Waals surface area contributed by atoms with Crippen LogP contribution in [0.25, 0.3) is 0 Å². The zero-order valence-electron chi connectivity index (χ0n) is 13.5. The summed E-state index contributed by atoms with van der Waals surface area (Å²) >= 11 is 8.04. The first-order chi connectivity index (χ1) is 10.0. The lowest BCUT2D eigenvalue weighted by Gasteiger charge is -2.40. The van der Waals surface area contributed by atoms with E-state index in [-0.39, 0.29) is 0 Å². The number of halogens is 1. The van der Waals surface area contributed by atoms with E-state index in [1.165, 1.54) is 49.0 Å². The van der Waals surface area contributed by atoms with Crippen molar-refractivity contribution in [1.29, 1.82) is 0 Å². The number of rotatable bonds is 3. The molecule has 1 aromatic heterocycles. The summed E-state index contributed by atoms with van der Waals surface area (Å²) in [5.41, 5.74) is 1.50. The maximum Gasteiger partial charge on any atom is 0.0934 e. The summed E-state index contributed by atoms with van der Waals surface area (Å²) in [4.78, 5) is 1.52. The molecule has 0 aliphatic heterocycles. The number of hydrogen-bond donors (Lipinski definition) is 1. The molecule has 1 aromatic rings. The lowest BCUT2D eigenvalue weighted by molar-refractivity contribution is 0.155. The first-order valence-electron chi connectivity index (χ1n) is 8.58. The molecule has 2 aliphatic carbocycles. The largest absolute Gasteiger partial charge is 0.307 e. The summed E-state index contributed by atoms with van der Waals surface area (Å²) in [6.07, 6.45) is 7.93. The van der Waals surface area contributed by atoms with Gasteiger partial charge < -0.3 is 5.32 Å². The summed E-state index contributed by atoms with van der Waals surface area (Å²) in [6, 6.07) is 3.44. The Morgan fingerprint density at radius 2 is 2.10 bits per heavy atom. The minimum Gasteiger partial charge on any atom is -0.307 e. The van der Waals surface area contributed by atoms with Gasteiger partial charge in [0.25, 0.3) is 0 Å². The highest BCUT2D eigenvalue weighted by molar-refractivity contribution is 7.16. The van der Waals surface area contributed by atoms with Gasteiger partial charge in [0.2, 0.25) is 0 Å². The van der Waals surface area contributed by atoms with Crippen molar-refractivity contribution in [3.63, 3.8) is 0 Å². The second-order valence-corrected chi connectivity index (χ2v) is 9.24. The molecule has 4 atom stereocenters. The van der Waals surface area contributed by atoms with E-state index in [4.69, 9.17) is 11.6 Å². The van der Waals surface area contributed by atoms with Crippen molar-refractivity contribution in [2.75, 3.05) is 0 Å². The van der Waals surface area contributed by atoms with Crippen molar-refractivity contribution in [2.24, 2.45) is 17.8 Å². The molecule has 21 heavy (non-hydrogen) atoms. The maximum atomic E-state index is 6.25. The van der Waals surface area contributed by atoms with E-state index in [1.807, 2.05) is 0 Å². The highest BCUT2D eigenvalue weighted by Crippen LogP contribution is 2.40. The number of thiophene rings is 1. The molecule has 2 aliphatic rings. The van der Waals surface area contributed by atoms with Crippen LogP contribution >= 0.6 is 22.9 Å². The molecule has 1 heterocycles. The van der Waals surface area contributed by atoms with Gasteiger partial charge in [-0.05, 0) is 61.5 Å². The van der Waals surface area contributed by atoms with Gasteiger partial charge >= 0.3 is 0 Å². The summed E-state index contributed by atoms with van der Waals surface area (Å²) in [5, 5.41) is 4.04. The number of nitrogens with one attached hydrogen (secondary N) is 1. The fourth-order valence-electron chi connectivity index (χ4n) is 4.35. The Kier molecular flexibility index (Phi) is 4.97. The molecule has 0 aromatic carbocycles. The Hall–Kier alpha value is -0.0500. The van der Waals surface area contributed by atoms with Crippen LogP contribution in [-0.2, 0) is 6.42 Å². The van der Waals surface area contributed by atoms with Crippen LogP contribution in [0.1, 0.15) is 69.4 Å². The van der Waals surface area contributed by atoms with Crippen molar-refractivity contribution in [3.05, 3.63) is 20.8 Å². The Bertz CT molecular complexity index is 482. The zero-order valence-corrected chi connectivity index (χ0v) is 15.1. The number of aryl methyl sites for hydroxylation is 1. The number of fused-ring (bicyclic) bond motifs is 1. The molecule has 0 radical (unpaired) electrons. The van der Waals surface area contributed by atoms with E-state index in [0.29, 0.717) is 12.1 Å². The van der Waals surface area contributed by atoms with Crippen LogP contribution in [0.5, 0.6) is 0 Å². The van der Waals surface area contributed by atoms with E-state index in [9.17, 15) is 0 Å². The maximum absolute atomic E-state index is 6.25. The third kappa shape index (κ3) is 3.48. The van der Waals surface area contributed by atoms with Crippen LogP contribution in [0, 0.1) is 17.8 Å². The van der Waals surface area contributed by atoms with Crippen LogP contribution in [0.3, 0.4) is 0 Å². The Balaban J connectivity index is 1.75. The first-order valence-corrected chi connectivity index (χ1v) is 9.78. The van der Waals surface area contributed by atoms with Gasteiger partial charge in [-0.15, -0.1) is 11.3 Å². The molecule has 0 saturated heterocycles. The Labute approximate surface area is 138 Å². The molecule has 3 heteroatoms. The van der Waals surface area contributed by atoms with E-state index >= 15 is 0 Å². The fourth-order valence-corrected chi connectivity index (χ4v) is 5.73. The lowest BCUT2D eigenvalue weighted by Crippen LogP contribution is -2.44. The van der Waals surface area contributed by atoms with Crippen molar-refractivity contribution < 1.29 is 0 Å². The number of hydrogen-bond acceptors (Lipinski definition) is 2. The summed E-state index contributed by atoms with van der Waals surface area (Å²) in [7, 11) is 0. The topological polar surface area (TPSA) is 12.0 Å². The predicted molar refractivity (Wildman–Crippen MR) is 93.3 cm³/mol. The average Bonchev–Trinajstić information content (AvgIpc) is 2.80. The van der Waals surface area contributed by atoms with E-state index < -0.39 is 0 Å². The van der Waals surface area contributed by atoms with Gasteiger partial charge in [0.05, 0.1) is 4.34 Å². The highest BCUT2D eigenvalue weighted by atomic mass is 35.5. The van der Waals surface area contributed by atoms with Gasteiger partial charge in [-0.25, -0.2) is 0 Å². The van der Waals surface area contributed by atoms with Crippen molar-refractivity contribution in [3.8, 4) is 0 Å². The van der Waals surface area contributed by atoms with Crippen molar-refractivity contribution >= 4 is 22.9 Å². The zero-order chi connectivity index (χ0) is 15.0. The van der Waals surface area contributed by atoms with Crippen LogP contribution < -0.4 is 5.32 Å².